The second-order valence-electron chi connectivity index (χ2n) is 5.54. The van der Waals surface area contributed by atoms with Gasteiger partial charge in [0.15, 0.2) is 5.82 Å². The largest absolute Gasteiger partial charge is 0.508 e. The number of phenolic OH excluding ortho intramolecular Hbond substituents is 2. The van der Waals surface area contributed by atoms with Crippen molar-refractivity contribution >= 4 is 33.3 Å². The van der Waals surface area contributed by atoms with Crippen LogP contribution >= 0.6 is 11.3 Å². The molecule has 0 saturated carbocycles. The van der Waals surface area contributed by atoms with E-state index >= 15 is 0 Å². The number of rotatable bonds is 3. The van der Waals surface area contributed by atoms with Gasteiger partial charge in [0.25, 0.3) is 5.91 Å². The van der Waals surface area contributed by atoms with E-state index in [4.69, 9.17) is 0 Å². The van der Waals surface area contributed by atoms with E-state index in [0.29, 0.717) is 5.82 Å². The van der Waals surface area contributed by atoms with Crippen LogP contribution in [0.25, 0.3) is 10.2 Å². The van der Waals surface area contributed by atoms with Crippen LogP contribution in [0.2, 0.25) is 0 Å². The van der Waals surface area contributed by atoms with Crippen LogP contribution in [0.1, 0.15) is 27.2 Å². The first kappa shape index (κ1) is 14.7. The molecule has 0 atom stereocenters. The number of thiophene rings is 1. The molecule has 0 radical (unpaired) electrons. The topological polar surface area (TPSA) is 107 Å². The van der Waals surface area contributed by atoms with Gasteiger partial charge >= 0.3 is 0 Å². The molecule has 4 rings (SSSR count). The van der Waals surface area contributed by atoms with Crippen LogP contribution in [-0.2, 0) is 12.8 Å². The van der Waals surface area contributed by atoms with Gasteiger partial charge in [-0.2, -0.15) is 0 Å². The number of nitrogens with zero attached hydrogens (tertiary/aromatic N) is 2. The highest BCUT2D eigenvalue weighted by atomic mass is 32.1. The zero-order valence-corrected chi connectivity index (χ0v) is 13.4. The van der Waals surface area contributed by atoms with E-state index in [0.717, 1.165) is 29.5 Å². The number of anilines is 1. The Balaban J connectivity index is 1.61. The molecule has 24 heavy (non-hydrogen) atoms. The van der Waals surface area contributed by atoms with Gasteiger partial charge in [-0.05, 0) is 43.0 Å². The fraction of sp³-hybridized carbons (Fsp3) is 0.188. The third kappa shape index (κ3) is 2.41. The molecule has 1 aliphatic carbocycles. The number of carbonyl (C=O) groups is 1. The number of aromatic hydroxyl groups is 2. The van der Waals surface area contributed by atoms with Crippen molar-refractivity contribution in [2.75, 3.05) is 5.43 Å². The number of aryl methyl sites for hydroxylation is 2. The Kier molecular flexibility index (Phi) is 3.46. The lowest BCUT2D eigenvalue weighted by Crippen LogP contribution is -2.30. The van der Waals surface area contributed by atoms with Crippen LogP contribution < -0.4 is 10.9 Å². The third-order valence-corrected chi connectivity index (χ3v) is 5.22. The monoisotopic (exact) mass is 342 g/mol. The molecule has 2 aromatic heterocycles. The fourth-order valence-electron chi connectivity index (χ4n) is 2.91. The average Bonchev–Trinajstić information content (AvgIpc) is 3.15. The summed E-state index contributed by atoms with van der Waals surface area (Å²) in [5, 5.41) is 20.1. The van der Waals surface area contributed by atoms with Crippen LogP contribution in [0.3, 0.4) is 0 Å². The number of hydrogen-bond donors (Lipinski definition) is 4. The summed E-state index contributed by atoms with van der Waals surface area (Å²) in [7, 11) is 0. The predicted octanol–water partition coefficient (Wildman–Crippen LogP) is 2.35. The van der Waals surface area contributed by atoms with Gasteiger partial charge < -0.3 is 10.2 Å². The molecule has 122 valence electrons. The van der Waals surface area contributed by atoms with Gasteiger partial charge in [0.05, 0.1) is 10.9 Å². The van der Waals surface area contributed by atoms with Crippen molar-refractivity contribution in [2.24, 2.45) is 0 Å². The van der Waals surface area contributed by atoms with E-state index in [1.54, 1.807) is 11.3 Å². The molecule has 1 aliphatic rings. The van der Waals surface area contributed by atoms with Gasteiger partial charge in [-0.15, -0.1) is 11.3 Å². The number of amides is 1. The van der Waals surface area contributed by atoms with E-state index in [1.165, 1.54) is 35.0 Å². The molecule has 0 saturated heterocycles. The van der Waals surface area contributed by atoms with Crippen molar-refractivity contribution in [3.63, 3.8) is 0 Å². The van der Waals surface area contributed by atoms with Crippen molar-refractivity contribution in [2.45, 2.75) is 19.3 Å². The number of aromatic nitrogens is 2. The average molecular weight is 342 g/mol. The van der Waals surface area contributed by atoms with Crippen molar-refractivity contribution in [1.82, 2.24) is 15.4 Å². The maximum atomic E-state index is 12.2. The predicted molar refractivity (Wildman–Crippen MR) is 90.3 cm³/mol. The molecular formula is C16H14N4O3S. The number of nitrogens with one attached hydrogen (secondary N) is 2. The maximum absolute atomic E-state index is 12.2. The first-order valence-corrected chi connectivity index (χ1v) is 8.28. The molecule has 1 amide bonds. The second-order valence-corrected chi connectivity index (χ2v) is 6.62. The summed E-state index contributed by atoms with van der Waals surface area (Å²) in [5.41, 5.74) is 6.54. The summed E-state index contributed by atoms with van der Waals surface area (Å²) in [4.78, 5) is 23.0. The van der Waals surface area contributed by atoms with E-state index in [9.17, 15) is 15.0 Å². The Labute approximate surface area is 141 Å². The summed E-state index contributed by atoms with van der Waals surface area (Å²) in [5.74, 6) is -0.344. The molecule has 2 heterocycles. The highest BCUT2D eigenvalue weighted by Crippen LogP contribution is 2.38. The van der Waals surface area contributed by atoms with E-state index in [1.807, 2.05) is 0 Å². The Morgan fingerprint density at radius 2 is 2.08 bits per heavy atom. The highest BCUT2D eigenvalue weighted by molar-refractivity contribution is 7.19. The molecule has 0 spiro atoms. The minimum atomic E-state index is -0.568. The van der Waals surface area contributed by atoms with Crippen LogP contribution in [0.4, 0.5) is 5.82 Å². The number of phenols is 2. The molecule has 3 aromatic rings. The van der Waals surface area contributed by atoms with Gasteiger partial charge in [0, 0.05) is 4.88 Å². The summed E-state index contributed by atoms with van der Waals surface area (Å²) in [6.45, 7) is 0. The summed E-state index contributed by atoms with van der Waals surface area (Å²) < 4.78 is 0. The molecule has 0 fully saturated rings. The van der Waals surface area contributed by atoms with Crippen LogP contribution in [0, 0.1) is 0 Å². The first-order valence-electron chi connectivity index (χ1n) is 7.47. The highest BCUT2D eigenvalue weighted by Gasteiger charge is 2.21. The Morgan fingerprint density at radius 1 is 1.21 bits per heavy atom. The van der Waals surface area contributed by atoms with Crippen LogP contribution in [0.15, 0.2) is 24.5 Å². The quantitative estimate of drug-likeness (QED) is 0.430. The Hall–Kier alpha value is -2.87. The number of fused-ring (bicyclic) bond motifs is 3. The molecule has 0 unspecified atom stereocenters. The molecule has 4 N–H and O–H groups in total. The fourth-order valence-corrected chi connectivity index (χ4v) is 4.14. The van der Waals surface area contributed by atoms with Gasteiger partial charge in [-0.1, -0.05) is 0 Å². The minimum Gasteiger partial charge on any atom is -0.508 e. The Bertz CT molecular complexity index is 954. The molecule has 8 heteroatoms. The lowest BCUT2D eigenvalue weighted by Gasteiger charge is -2.10. The van der Waals surface area contributed by atoms with Crippen molar-refractivity contribution in [3.05, 3.63) is 40.5 Å². The van der Waals surface area contributed by atoms with Gasteiger partial charge in [-0.3, -0.25) is 15.6 Å². The second kappa shape index (κ2) is 5.64. The minimum absolute atomic E-state index is 0.0247. The van der Waals surface area contributed by atoms with Crippen molar-refractivity contribution < 1.29 is 15.0 Å². The molecule has 0 bridgehead atoms. The zero-order chi connectivity index (χ0) is 16.7. The Morgan fingerprint density at radius 3 is 2.96 bits per heavy atom. The lowest BCUT2D eigenvalue weighted by molar-refractivity contribution is 0.0959. The summed E-state index contributed by atoms with van der Waals surface area (Å²) >= 11 is 1.66. The van der Waals surface area contributed by atoms with Crippen LogP contribution in [-0.4, -0.2) is 26.1 Å². The number of benzene rings is 1. The molecular weight excluding hydrogens is 328 g/mol. The lowest BCUT2D eigenvalue weighted by atomic mass is 10.2. The molecule has 1 aromatic carbocycles. The van der Waals surface area contributed by atoms with E-state index in [-0.39, 0.29) is 17.1 Å². The number of hydrazine groups is 1. The normalized spacial score (nSPS) is 13.0. The summed E-state index contributed by atoms with van der Waals surface area (Å²) in [6, 6.07) is 3.77. The standard InChI is InChI=1S/C16H14N4O3S/c21-8-4-5-11(22)10(6-8)15(23)20-19-14-13-9-2-1-3-12(9)24-16(13)18-7-17-14/h4-7,21-22H,1-3H2,(H,20,23)(H,17,18,19). The first-order chi connectivity index (χ1) is 11.6. The number of carbonyl (C=O) groups excluding carboxylic acids is 1. The van der Waals surface area contributed by atoms with Crippen molar-refractivity contribution in [3.8, 4) is 11.5 Å². The molecule has 7 nitrogen and oxygen atoms in total. The van der Waals surface area contributed by atoms with E-state index < -0.39 is 5.91 Å². The van der Waals surface area contributed by atoms with Gasteiger partial charge in [0.2, 0.25) is 0 Å². The third-order valence-electron chi connectivity index (χ3n) is 4.02. The number of hydrogen-bond acceptors (Lipinski definition) is 7. The summed E-state index contributed by atoms with van der Waals surface area (Å²) in [6.07, 6.45) is 4.61. The van der Waals surface area contributed by atoms with Crippen molar-refractivity contribution in [1.29, 1.82) is 0 Å². The van der Waals surface area contributed by atoms with Gasteiger partial charge in [0.1, 0.15) is 22.7 Å². The molecule has 0 aliphatic heterocycles. The smallest absolute Gasteiger partial charge is 0.273 e. The van der Waals surface area contributed by atoms with Crippen LogP contribution in [0.5, 0.6) is 11.5 Å². The zero-order valence-electron chi connectivity index (χ0n) is 12.5. The maximum Gasteiger partial charge on any atom is 0.273 e. The van der Waals surface area contributed by atoms with Gasteiger partial charge in [-0.25, -0.2) is 9.97 Å². The SMILES string of the molecule is O=C(NNc1ncnc2sc3c(c12)CCC3)c1cc(O)ccc1O. The van der Waals surface area contributed by atoms with E-state index in [2.05, 4.69) is 20.8 Å².